The highest BCUT2D eigenvalue weighted by molar-refractivity contribution is 5.81. The number of piperidine rings is 1. The molecule has 1 aliphatic heterocycles. The van der Waals surface area contributed by atoms with Crippen LogP contribution < -0.4 is 10.1 Å². The summed E-state index contributed by atoms with van der Waals surface area (Å²) in [4.78, 5) is 26.2. The molecule has 164 valence electrons. The lowest BCUT2D eigenvalue weighted by molar-refractivity contribution is -0.274. The number of nitrogens with one attached hydrogen (secondary N) is 1. The molecule has 2 unspecified atom stereocenters. The fourth-order valence-electron chi connectivity index (χ4n) is 5.18. The van der Waals surface area contributed by atoms with Gasteiger partial charge in [-0.05, 0) is 56.2 Å². The summed E-state index contributed by atoms with van der Waals surface area (Å²) in [5, 5.41) is 2.77. The Bertz CT molecular complexity index is 853. The summed E-state index contributed by atoms with van der Waals surface area (Å²) < 4.78 is 46.3. The fraction of sp³-hybridized carbons (Fsp3) is 0.619. The number of methoxy groups -OCH3 is 1. The minimum absolute atomic E-state index is 0.0915. The summed E-state index contributed by atoms with van der Waals surface area (Å²) in [5.74, 6) is 0.0112. The van der Waals surface area contributed by atoms with Crippen molar-refractivity contribution < 1.29 is 32.2 Å². The molecule has 0 bridgehead atoms. The van der Waals surface area contributed by atoms with Crippen LogP contribution in [0.3, 0.4) is 0 Å². The number of carbonyl (C=O) groups is 2. The number of benzene rings is 1. The van der Waals surface area contributed by atoms with E-state index in [0.717, 1.165) is 18.4 Å². The summed E-state index contributed by atoms with van der Waals surface area (Å²) in [6.45, 7) is 3.09. The van der Waals surface area contributed by atoms with E-state index in [0.29, 0.717) is 25.9 Å². The number of alkyl halides is 3. The molecule has 3 fully saturated rings. The first kappa shape index (κ1) is 20.8. The number of alkyl carbamates (subject to hydrolysis) is 1. The number of fused-ring (bicyclic) bond motifs is 1. The first-order valence-corrected chi connectivity index (χ1v) is 10.0. The van der Waals surface area contributed by atoms with E-state index in [2.05, 4.69) is 14.8 Å². The Hall–Kier alpha value is -2.45. The number of hydrogen-bond acceptors (Lipinski definition) is 4. The summed E-state index contributed by atoms with van der Waals surface area (Å²) in [6, 6.07) is 6.21. The zero-order valence-corrected chi connectivity index (χ0v) is 16.9. The molecular weight excluding hydrogens is 401 g/mol. The number of ether oxygens (including phenoxy) is 2. The van der Waals surface area contributed by atoms with E-state index in [4.69, 9.17) is 0 Å². The summed E-state index contributed by atoms with van der Waals surface area (Å²) in [5.41, 5.74) is 0.258. The van der Waals surface area contributed by atoms with Gasteiger partial charge in [-0.2, -0.15) is 0 Å². The number of carbonyl (C=O) groups excluding carboxylic acids is 2. The Morgan fingerprint density at radius 1 is 1.23 bits per heavy atom. The molecule has 1 saturated heterocycles. The van der Waals surface area contributed by atoms with Crippen LogP contribution in [0.15, 0.2) is 24.3 Å². The van der Waals surface area contributed by atoms with Crippen LogP contribution in [-0.4, -0.2) is 49.0 Å². The standard InChI is InChI=1S/C21H25F3N2O4/c1-19(25-18(28)29-2)9-13(10-19)17(27)26-7-6-20(11-15(20)12-26)14-4-3-5-16(8-14)30-21(22,23)24/h3-5,8,13,15H,6-7,9-12H2,1-2H3,(H,25,28)/t13-,15?,19+,20?. The van der Waals surface area contributed by atoms with Crippen molar-refractivity contribution in [2.45, 2.75) is 49.9 Å². The van der Waals surface area contributed by atoms with Crippen LogP contribution >= 0.6 is 0 Å². The smallest absolute Gasteiger partial charge is 0.453 e. The van der Waals surface area contributed by atoms with E-state index < -0.39 is 18.0 Å². The van der Waals surface area contributed by atoms with E-state index in [-0.39, 0.29) is 28.9 Å². The molecule has 30 heavy (non-hydrogen) atoms. The van der Waals surface area contributed by atoms with Crippen LogP contribution in [0.1, 0.15) is 38.2 Å². The van der Waals surface area contributed by atoms with Crippen molar-refractivity contribution in [3.8, 4) is 5.75 Å². The van der Waals surface area contributed by atoms with E-state index in [9.17, 15) is 22.8 Å². The van der Waals surface area contributed by atoms with Crippen molar-refractivity contribution in [2.24, 2.45) is 11.8 Å². The maximum atomic E-state index is 12.9. The Morgan fingerprint density at radius 2 is 1.97 bits per heavy atom. The van der Waals surface area contributed by atoms with E-state index in [1.165, 1.54) is 19.2 Å². The number of rotatable bonds is 4. The molecule has 4 rings (SSSR count). The van der Waals surface area contributed by atoms with E-state index >= 15 is 0 Å². The third kappa shape index (κ3) is 3.94. The highest BCUT2D eigenvalue weighted by Gasteiger charge is 2.59. The average molecular weight is 426 g/mol. The number of amides is 2. The van der Waals surface area contributed by atoms with E-state index in [1.807, 2.05) is 17.9 Å². The highest BCUT2D eigenvalue weighted by Crippen LogP contribution is 2.60. The Morgan fingerprint density at radius 3 is 2.60 bits per heavy atom. The number of halogens is 3. The molecule has 3 aliphatic rings. The molecule has 6 nitrogen and oxygen atoms in total. The van der Waals surface area contributed by atoms with Crippen molar-refractivity contribution in [3.63, 3.8) is 0 Å². The molecule has 2 aliphatic carbocycles. The summed E-state index contributed by atoms with van der Waals surface area (Å²) in [7, 11) is 1.31. The van der Waals surface area contributed by atoms with Crippen molar-refractivity contribution in [1.82, 2.24) is 10.2 Å². The lowest BCUT2D eigenvalue weighted by Gasteiger charge is -2.46. The Kier molecular flexibility index (Phi) is 4.90. The second-order valence-corrected chi connectivity index (χ2v) is 8.95. The Balaban J connectivity index is 1.34. The summed E-state index contributed by atoms with van der Waals surface area (Å²) in [6.07, 6.45) is -2.48. The maximum absolute atomic E-state index is 12.9. The SMILES string of the molecule is COC(=O)N[C@]1(C)C[C@H](C(=O)N2CCC3(c4cccc(OC(F)(F)F)c4)CC3C2)C1. The third-order valence-corrected chi connectivity index (χ3v) is 6.79. The normalized spacial score (nSPS) is 32.5. The van der Waals surface area contributed by atoms with Gasteiger partial charge < -0.3 is 19.7 Å². The van der Waals surface area contributed by atoms with Gasteiger partial charge in [0.2, 0.25) is 5.91 Å². The molecule has 1 N–H and O–H groups in total. The highest BCUT2D eigenvalue weighted by atomic mass is 19.4. The molecule has 9 heteroatoms. The minimum Gasteiger partial charge on any atom is -0.453 e. The predicted octanol–water partition coefficient (Wildman–Crippen LogP) is 3.60. The molecule has 2 atom stereocenters. The molecule has 1 aromatic rings. The first-order valence-electron chi connectivity index (χ1n) is 10.0. The van der Waals surface area contributed by atoms with Crippen molar-refractivity contribution in [2.75, 3.05) is 20.2 Å². The van der Waals surface area contributed by atoms with Crippen LogP contribution in [0, 0.1) is 11.8 Å². The molecule has 0 aromatic heterocycles. The van der Waals surface area contributed by atoms with Crippen LogP contribution in [0.4, 0.5) is 18.0 Å². The van der Waals surface area contributed by atoms with E-state index in [1.54, 1.807) is 6.07 Å². The van der Waals surface area contributed by atoms with Gasteiger partial charge in [0.15, 0.2) is 0 Å². The molecule has 1 heterocycles. The topological polar surface area (TPSA) is 67.9 Å². The van der Waals surface area contributed by atoms with Gasteiger partial charge in [-0.3, -0.25) is 4.79 Å². The molecular formula is C21H25F3N2O4. The average Bonchev–Trinajstić information content (AvgIpc) is 3.39. The number of likely N-dealkylation sites (tertiary alicyclic amines) is 1. The van der Waals surface area contributed by atoms with Gasteiger partial charge in [-0.15, -0.1) is 13.2 Å². The third-order valence-electron chi connectivity index (χ3n) is 6.79. The Labute approximate surface area is 172 Å². The zero-order valence-electron chi connectivity index (χ0n) is 16.9. The number of hydrogen-bond donors (Lipinski definition) is 1. The molecule has 2 saturated carbocycles. The van der Waals surface area contributed by atoms with Gasteiger partial charge in [0.05, 0.1) is 7.11 Å². The second kappa shape index (κ2) is 7.06. The predicted molar refractivity (Wildman–Crippen MR) is 101 cm³/mol. The van der Waals surface area contributed by atoms with Crippen molar-refractivity contribution >= 4 is 12.0 Å². The maximum Gasteiger partial charge on any atom is 0.573 e. The minimum atomic E-state index is -4.71. The zero-order chi connectivity index (χ0) is 21.7. The summed E-state index contributed by atoms with van der Waals surface area (Å²) >= 11 is 0. The number of nitrogens with zero attached hydrogens (tertiary/aromatic N) is 1. The molecule has 1 aromatic carbocycles. The van der Waals surface area contributed by atoms with Crippen LogP contribution in [0.25, 0.3) is 0 Å². The quantitative estimate of drug-likeness (QED) is 0.799. The first-order chi connectivity index (χ1) is 14.0. The fourth-order valence-corrected chi connectivity index (χ4v) is 5.18. The van der Waals surface area contributed by atoms with Gasteiger partial charge in [0.1, 0.15) is 5.75 Å². The van der Waals surface area contributed by atoms with Gasteiger partial charge in [0, 0.05) is 30.0 Å². The van der Waals surface area contributed by atoms with Gasteiger partial charge in [0.25, 0.3) is 0 Å². The second-order valence-electron chi connectivity index (χ2n) is 8.95. The van der Waals surface area contributed by atoms with Gasteiger partial charge in [-0.1, -0.05) is 12.1 Å². The lowest BCUT2D eigenvalue weighted by atomic mass is 9.68. The van der Waals surface area contributed by atoms with Gasteiger partial charge in [-0.25, -0.2) is 4.79 Å². The van der Waals surface area contributed by atoms with Gasteiger partial charge >= 0.3 is 12.5 Å². The van der Waals surface area contributed by atoms with Crippen LogP contribution in [-0.2, 0) is 14.9 Å². The van der Waals surface area contributed by atoms with Crippen molar-refractivity contribution in [1.29, 1.82) is 0 Å². The molecule has 2 amide bonds. The van der Waals surface area contributed by atoms with Crippen LogP contribution in [0.5, 0.6) is 5.75 Å². The van der Waals surface area contributed by atoms with Crippen LogP contribution in [0.2, 0.25) is 0 Å². The largest absolute Gasteiger partial charge is 0.573 e. The molecule has 0 radical (unpaired) electrons. The lowest BCUT2D eigenvalue weighted by Crippen LogP contribution is -2.59. The molecule has 0 spiro atoms. The monoisotopic (exact) mass is 426 g/mol. The van der Waals surface area contributed by atoms with Crippen molar-refractivity contribution in [3.05, 3.63) is 29.8 Å².